The summed E-state index contributed by atoms with van der Waals surface area (Å²) in [6, 6.07) is 12.5. The fourth-order valence-corrected chi connectivity index (χ4v) is 5.37. The van der Waals surface area contributed by atoms with Crippen molar-refractivity contribution in [3.63, 3.8) is 0 Å². The second-order valence-corrected chi connectivity index (χ2v) is 8.43. The first-order chi connectivity index (χ1) is 12.6. The Bertz CT molecular complexity index is 807. The highest BCUT2D eigenvalue weighted by Crippen LogP contribution is 2.76. The summed E-state index contributed by atoms with van der Waals surface area (Å²) in [5.74, 6) is 1.60. The van der Waals surface area contributed by atoms with Crippen molar-refractivity contribution in [2.45, 2.75) is 43.6 Å². The second kappa shape index (κ2) is 5.57. The van der Waals surface area contributed by atoms with E-state index in [2.05, 4.69) is 34.6 Å². The Balaban J connectivity index is 1.30. The van der Waals surface area contributed by atoms with E-state index in [4.69, 9.17) is 4.74 Å². The third-order valence-corrected chi connectivity index (χ3v) is 6.74. The van der Waals surface area contributed by atoms with Crippen molar-refractivity contribution < 1.29 is 9.53 Å². The van der Waals surface area contributed by atoms with Crippen molar-refractivity contribution >= 4 is 5.91 Å². The number of amides is 1. The monoisotopic (exact) mass is 348 g/mol. The van der Waals surface area contributed by atoms with Crippen LogP contribution in [0.3, 0.4) is 0 Å². The van der Waals surface area contributed by atoms with E-state index in [1.165, 1.54) is 37.7 Å². The number of nitrogens with one attached hydrogen (secondary N) is 1. The van der Waals surface area contributed by atoms with Gasteiger partial charge in [-0.25, -0.2) is 0 Å². The SMILES string of the molecule is COc1ccc(C23CC(C(NC(=O)c4cccnc4)C4CC4)(C2)C3)cc1. The summed E-state index contributed by atoms with van der Waals surface area (Å²) in [5.41, 5.74) is 2.72. The minimum Gasteiger partial charge on any atom is -0.497 e. The highest BCUT2D eigenvalue weighted by molar-refractivity contribution is 5.94. The van der Waals surface area contributed by atoms with Gasteiger partial charge in [0.1, 0.15) is 5.75 Å². The number of methoxy groups -OCH3 is 1. The number of hydrogen-bond acceptors (Lipinski definition) is 3. The van der Waals surface area contributed by atoms with E-state index in [9.17, 15) is 4.79 Å². The standard InChI is InChI=1S/C22H24N2O2/c1-26-18-8-6-17(7-9-18)21-12-22(13-21,14-21)19(15-4-5-15)24-20(25)16-3-2-10-23-11-16/h2-3,6-11,15,19H,4-5,12-14H2,1H3,(H,24,25). The van der Waals surface area contributed by atoms with E-state index < -0.39 is 0 Å². The fourth-order valence-electron chi connectivity index (χ4n) is 5.37. The molecular formula is C22H24N2O2. The lowest BCUT2D eigenvalue weighted by molar-refractivity contribution is -0.166. The van der Waals surface area contributed by atoms with Crippen molar-refractivity contribution in [3.05, 3.63) is 59.9 Å². The summed E-state index contributed by atoms with van der Waals surface area (Å²) in [7, 11) is 1.70. The normalized spacial score (nSPS) is 29.9. The van der Waals surface area contributed by atoms with E-state index in [-0.39, 0.29) is 5.91 Å². The highest BCUT2D eigenvalue weighted by Gasteiger charge is 2.72. The third kappa shape index (κ3) is 2.35. The number of pyridine rings is 1. The average Bonchev–Trinajstić information content (AvgIpc) is 3.45. The van der Waals surface area contributed by atoms with Crippen molar-refractivity contribution in [2.24, 2.45) is 11.3 Å². The number of aromatic nitrogens is 1. The van der Waals surface area contributed by atoms with Crippen LogP contribution in [-0.4, -0.2) is 24.0 Å². The van der Waals surface area contributed by atoms with Gasteiger partial charge in [-0.15, -0.1) is 0 Å². The summed E-state index contributed by atoms with van der Waals surface area (Å²) in [6.07, 6.45) is 9.43. The lowest BCUT2D eigenvalue weighted by Crippen LogP contribution is -2.72. The molecule has 1 atom stereocenters. The van der Waals surface area contributed by atoms with Crippen LogP contribution in [0.4, 0.5) is 0 Å². The van der Waals surface area contributed by atoms with Gasteiger partial charge >= 0.3 is 0 Å². The molecule has 26 heavy (non-hydrogen) atoms. The van der Waals surface area contributed by atoms with Crippen molar-refractivity contribution in [2.75, 3.05) is 7.11 Å². The van der Waals surface area contributed by atoms with Gasteiger partial charge < -0.3 is 10.1 Å². The van der Waals surface area contributed by atoms with Crippen LogP contribution in [0.15, 0.2) is 48.8 Å². The molecule has 1 amide bonds. The third-order valence-electron chi connectivity index (χ3n) is 6.74. The Hall–Kier alpha value is -2.36. The van der Waals surface area contributed by atoms with Gasteiger partial charge in [-0.2, -0.15) is 0 Å². The van der Waals surface area contributed by atoms with Crippen molar-refractivity contribution in [3.8, 4) is 5.75 Å². The van der Waals surface area contributed by atoms with Gasteiger partial charge in [0.15, 0.2) is 0 Å². The zero-order valence-corrected chi connectivity index (χ0v) is 15.1. The van der Waals surface area contributed by atoms with Crippen LogP contribution in [-0.2, 0) is 5.41 Å². The lowest BCUT2D eigenvalue weighted by atomic mass is 9.31. The first-order valence-corrected chi connectivity index (χ1v) is 9.50. The number of carbonyl (C=O) groups excluding carboxylic acids is 1. The van der Waals surface area contributed by atoms with Crippen LogP contribution in [0.1, 0.15) is 48.0 Å². The summed E-state index contributed by atoms with van der Waals surface area (Å²) in [5, 5.41) is 3.36. The first-order valence-electron chi connectivity index (χ1n) is 9.50. The van der Waals surface area contributed by atoms with Crippen LogP contribution in [0.2, 0.25) is 0 Å². The van der Waals surface area contributed by atoms with Crippen LogP contribution in [0.5, 0.6) is 5.75 Å². The van der Waals surface area contributed by atoms with Crippen LogP contribution in [0, 0.1) is 11.3 Å². The van der Waals surface area contributed by atoms with Gasteiger partial charge in [0.05, 0.1) is 12.7 Å². The molecule has 134 valence electrons. The van der Waals surface area contributed by atoms with Crippen molar-refractivity contribution in [1.29, 1.82) is 0 Å². The molecule has 4 fully saturated rings. The zero-order valence-electron chi connectivity index (χ0n) is 15.1. The van der Waals surface area contributed by atoms with Crippen LogP contribution < -0.4 is 10.1 Å². The number of rotatable bonds is 6. The maximum atomic E-state index is 12.6. The minimum atomic E-state index is 0.0261. The zero-order chi connectivity index (χ0) is 17.8. The molecule has 6 rings (SSSR count). The Labute approximate surface area is 154 Å². The predicted octanol–water partition coefficient (Wildman–Crippen LogP) is 3.72. The Morgan fingerprint density at radius 1 is 1.19 bits per heavy atom. The average molecular weight is 348 g/mol. The van der Waals surface area contributed by atoms with E-state index in [0.29, 0.717) is 28.4 Å². The Morgan fingerprint density at radius 2 is 1.92 bits per heavy atom. The Morgan fingerprint density at radius 3 is 2.50 bits per heavy atom. The number of hydrogen-bond donors (Lipinski definition) is 1. The molecule has 4 nitrogen and oxygen atoms in total. The summed E-state index contributed by atoms with van der Waals surface area (Å²) >= 11 is 0. The molecule has 0 radical (unpaired) electrons. The quantitative estimate of drug-likeness (QED) is 0.865. The second-order valence-electron chi connectivity index (χ2n) is 8.43. The molecule has 4 aliphatic carbocycles. The molecule has 0 spiro atoms. The largest absolute Gasteiger partial charge is 0.497 e. The maximum absolute atomic E-state index is 12.6. The van der Waals surface area contributed by atoms with E-state index in [0.717, 1.165) is 5.75 Å². The Kier molecular flexibility index (Phi) is 3.40. The summed E-state index contributed by atoms with van der Waals surface area (Å²) in [6.45, 7) is 0. The molecule has 1 heterocycles. The van der Waals surface area contributed by atoms with Gasteiger partial charge in [0.2, 0.25) is 0 Å². The van der Waals surface area contributed by atoms with Gasteiger partial charge in [-0.1, -0.05) is 12.1 Å². The number of ether oxygens (including phenoxy) is 1. The van der Waals surface area contributed by atoms with Gasteiger partial charge in [0, 0.05) is 18.4 Å². The lowest BCUT2D eigenvalue weighted by Gasteiger charge is -2.74. The molecular weight excluding hydrogens is 324 g/mol. The molecule has 4 heteroatoms. The van der Waals surface area contributed by atoms with E-state index in [1.807, 2.05) is 12.1 Å². The van der Waals surface area contributed by atoms with E-state index >= 15 is 0 Å². The highest BCUT2D eigenvalue weighted by atomic mass is 16.5. The molecule has 1 aromatic heterocycles. The first kappa shape index (κ1) is 15.9. The minimum absolute atomic E-state index is 0.0261. The van der Waals surface area contributed by atoms with Gasteiger partial charge in [-0.3, -0.25) is 9.78 Å². The topological polar surface area (TPSA) is 51.2 Å². The predicted molar refractivity (Wildman–Crippen MR) is 99.2 cm³/mol. The van der Waals surface area contributed by atoms with Gasteiger partial charge in [0.25, 0.3) is 5.91 Å². The number of benzene rings is 1. The number of carbonyl (C=O) groups is 1. The molecule has 0 aliphatic heterocycles. The molecule has 0 saturated heterocycles. The van der Waals surface area contributed by atoms with Crippen molar-refractivity contribution in [1.82, 2.24) is 10.3 Å². The molecule has 1 aromatic carbocycles. The van der Waals surface area contributed by atoms with Crippen LogP contribution in [0.25, 0.3) is 0 Å². The molecule has 4 aliphatic rings. The summed E-state index contributed by atoms with van der Waals surface area (Å²) < 4.78 is 5.28. The molecule has 2 bridgehead atoms. The molecule has 1 unspecified atom stereocenters. The molecule has 4 saturated carbocycles. The molecule has 1 N–H and O–H groups in total. The summed E-state index contributed by atoms with van der Waals surface area (Å²) in [4.78, 5) is 16.7. The van der Waals surface area contributed by atoms with Gasteiger partial charge in [-0.05, 0) is 78.7 Å². The molecule has 2 aromatic rings. The fraction of sp³-hybridized carbons (Fsp3) is 0.455. The maximum Gasteiger partial charge on any atom is 0.253 e. The smallest absolute Gasteiger partial charge is 0.253 e. The van der Waals surface area contributed by atoms with Crippen LogP contribution >= 0.6 is 0 Å². The number of nitrogens with zero attached hydrogens (tertiary/aromatic N) is 1. The van der Waals surface area contributed by atoms with E-state index in [1.54, 1.807) is 19.5 Å².